The fourth-order valence-electron chi connectivity index (χ4n) is 4.56. The van der Waals surface area contributed by atoms with Gasteiger partial charge in [-0.15, -0.1) is 10.2 Å². The van der Waals surface area contributed by atoms with Crippen molar-refractivity contribution >= 4 is 28.5 Å². The molecule has 8 nitrogen and oxygen atoms in total. The number of ether oxygens (including phenoxy) is 2. The van der Waals surface area contributed by atoms with Gasteiger partial charge in [0.25, 0.3) is 0 Å². The highest BCUT2D eigenvalue weighted by Crippen LogP contribution is 2.34. The molecule has 0 amide bonds. The summed E-state index contributed by atoms with van der Waals surface area (Å²) in [5.74, 6) is 1.76. The molecule has 2 aromatic carbocycles. The van der Waals surface area contributed by atoms with Gasteiger partial charge in [-0.2, -0.15) is 0 Å². The fraction of sp³-hybridized carbons (Fsp3) is 0.360. The number of carbonyl (C=O) groups excluding carboxylic acids is 1. The zero-order valence-electron chi connectivity index (χ0n) is 19.1. The molecule has 1 atom stereocenters. The number of aryl methyl sites for hydroxylation is 1. The molecule has 2 aromatic heterocycles. The summed E-state index contributed by atoms with van der Waals surface area (Å²) in [6, 6.07) is 13.9. The third-order valence-electron chi connectivity index (χ3n) is 6.15. The maximum Gasteiger partial charge on any atom is 0.310 e. The molecule has 1 saturated heterocycles. The summed E-state index contributed by atoms with van der Waals surface area (Å²) in [6.07, 6.45) is 1.69. The topological polar surface area (TPSA) is 81.9 Å². The quantitative estimate of drug-likeness (QED) is 0.429. The molecule has 0 saturated carbocycles. The lowest BCUT2D eigenvalue weighted by molar-refractivity contribution is -0.148. The number of rotatable bonds is 5. The van der Waals surface area contributed by atoms with Gasteiger partial charge in [0.2, 0.25) is 5.95 Å². The van der Waals surface area contributed by atoms with E-state index >= 15 is 0 Å². The zero-order chi connectivity index (χ0) is 22.9. The average molecular weight is 446 g/mol. The molecule has 0 aliphatic carbocycles. The van der Waals surface area contributed by atoms with Gasteiger partial charge in [-0.25, -0.2) is 9.38 Å². The van der Waals surface area contributed by atoms with Gasteiger partial charge in [0.1, 0.15) is 5.75 Å². The zero-order valence-corrected chi connectivity index (χ0v) is 19.1. The maximum atomic E-state index is 12.5. The van der Waals surface area contributed by atoms with Crippen molar-refractivity contribution < 1.29 is 14.3 Å². The highest BCUT2D eigenvalue weighted by molar-refractivity contribution is 5.94. The van der Waals surface area contributed by atoms with Crippen molar-refractivity contribution in [1.82, 2.24) is 19.6 Å². The number of esters is 1. The van der Waals surface area contributed by atoms with Crippen LogP contribution in [0.5, 0.6) is 5.75 Å². The van der Waals surface area contributed by atoms with E-state index in [0.717, 1.165) is 53.0 Å². The molecule has 0 bridgehead atoms. The second-order valence-electron chi connectivity index (χ2n) is 8.35. The molecule has 33 heavy (non-hydrogen) atoms. The summed E-state index contributed by atoms with van der Waals surface area (Å²) in [6.45, 7) is 5.61. The van der Waals surface area contributed by atoms with E-state index in [1.165, 1.54) is 0 Å². The van der Waals surface area contributed by atoms with E-state index in [4.69, 9.17) is 14.5 Å². The van der Waals surface area contributed by atoms with Gasteiger partial charge in [-0.3, -0.25) is 4.79 Å². The summed E-state index contributed by atoms with van der Waals surface area (Å²) in [5.41, 5.74) is 3.54. The molecule has 0 N–H and O–H groups in total. The van der Waals surface area contributed by atoms with E-state index in [2.05, 4.69) is 28.1 Å². The molecule has 1 aliphatic heterocycles. The number of hydrogen-bond donors (Lipinski definition) is 0. The second kappa shape index (κ2) is 8.69. The van der Waals surface area contributed by atoms with Crippen LogP contribution in [0.4, 0.5) is 5.95 Å². The SMILES string of the molecule is CCOC(=O)[C@H]1CCCN(c2nc3ccc(C)cc3c3nnc(-c4ccccc4OC)n23)C1. The van der Waals surface area contributed by atoms with Crippen LogP contribution in [0.15, 0.2) is 42.5 Å². The van der Waals surface area contributed by atoms with E-state index in [1.807, 2.05) is 47.7 Å². The molecule has 3 heterocycles. The van der Waals surface area contributed by atoms with Crippen molar-refractivity contribution in [2.24, 2.45) is 5.92 Å². The highest BCUT2D eigenvalue weighted by atomic mass is 16.5. The Morgan fingerprint density at radius 1 is 1.18 bits per heavy atom. The predicted octanol–water partition coefficient (Wildman–Crippen LogP) is 4.04. The van der Waals surface area contributed by atoms with E-state index < -0.39 is 0 Å². The summed E-state index contributed by atoms with van der Waals surface area (Å²) in [5, 5.41) is 10.1. The summed E-state index contributed by atoms with van der Waals surface area (Å²) >= 11 is 0. The molecule has 5 rings (SSSR count). The van der Waals surface area contributed by atoms with Crippen molar-refractivity contribution in [3.8, 4) is 17.1 Å². The Labute approximate surface area is 192 Å². The maximum absolute atomic E-state index is 12.5. The first-order valence-corrected chi connectivity index (χ1v) is 11.3. The minimum absolute atomic E-state index is 0.149. The Kier molecular flexibility index (Phi) is 5.58. The van der Waals surface area contributed by atoms with Crippen molar-refractivity contribution in [2.75, 3.05) is 31.7 Å². The Hall–Kier alpha value is -3.68. The van der Waals surface area contributed by atoms with E-state index in [-0.39, 0.29) is 11.9 Å². The molecule has 0 spiro atoms. The van der Waals surface area contributed by atoms with E-state index in [0.29, 0.717) is 24.7 Å². The number of para-hydroxylation sites is 1. The van der Waals surface area contributed by atoms with Crippen molar-refractivity contribution in [3.63, 3.8) is 0 Å². The molecule has 0 radical (unpaired) electrons. The molecule has 8 heteroatoms. The van der Waals surface area contributed by atoms with Crippen molar-refractivity contribution in [1.29, 1.82) is 0 Å². The molecule has 0 unspecified atom stereocenters. The van der Waals surface area contributed by atoms with Crippen LogP contribution in [-0.2, 0) is 9.53 Å². The predicted molar refractivity (Wildman–Crippen MR) is 127 cm³/mol. The Morgan fingerprint density at radius 2 is 2.03 bits per heavy atom. The third kappa shape index (κ3) is 3.75. The third-order valence-corrected chi connectivity index (χ3v) is 6.15. The summed E-state index contributed by atoms with van der Waals surface area (Å²) in [7, 11) is 1.65. The van der Waals surface area contributed by atoms with Gasteiger partial charge >= 0.3 is 5.97 Å². The van der Waals surface area contributed by atoms with E-state index in [9.17, 15) is 4.79 Å². The normalized spacial score (nSPS) is 16.3. The largest absolute Gasteiger partial charge is 0.496 e. The van der Waals surface area contributed by atoms with Crippen LogP contribution < -0.4 is 9.64 Å². The number of fused-ring (bicyclic) bond motifs is 3. The minimum Gasteiger partial charge on any atom is -0.496 e. The minimum atomic E-state index is -0.185. The fourth-order valence-corrected chi connectivity index (χ4v) is 4.56. The van der Waals surface area contributed by atoms with Crippen LogP contribution in [0, 0.1) is 12.8 Å². The molecule has 1 aliphatic rings. The average Bonchev–Trinajstić information content (AvgIpc) is 3.29. The van der Waals surface area contributed by atoms with Crippen LogP contribution in [0.25, 0.3) is 27.9 Å². The molecule has 1 fully saturated rings. The van der Waals surface area contributed by atoms with Gasteiger partial charge in [-0.1, -0.05) is 23.8 Å². The van der Waals surface area contributed by atoms with Gasteiger partial charge < -0.3 is 14.4 Å². The van der Waals surface area contributed by atoms with Gasteiger partial charge in [0, 0.05) is 18.5 Å². The van der Waals surface area contributed by atoms with Crippen LogP contribution in [0.3, 0.4) is 0 Å². The number of piperidine rings is 1. The monoisotopic (exact) mass is 445 g/mol. The lowest BCUT2D eigenvalue weighted by Gasteiger charge is -2.32. The van der Waals surface area contributed by atoms with Gasteiger partial charge in [0.05, 0.1) is 30.7 Å². The molecule has 4 aromatic rings. The first kappa shape index (κ1) is 21.2. The summed E-state index contributed by atoms with van der Waals surface area (Å²) < 4.78 is 12.9. The Balaban J connectivity index is 1.72. The number of carbonyl (C=O) groups is 1. The van der Waals surface area contributed by atoms with Crippen molar-refractivity contribution in [2.45, 2.75) is 26.7 Å². The van der Waals surface area contributed by atoms with Crippen LogP contribution in [0.1, 0.15) is 25.3 Å². The number of nitrogens with zero attached hydrogens (tertiary/aromatic N) is 5. The highest BCUT2D eigenvalue weighted by Gasteiger charge is 2.30. The van der Waals surface area contributed by atoms with Gasteiger partial charge in [-0.05, 0) is 51.0 Å². The van der Waals surface area contributed by atoms with Crippen LogP contribution in [0.2, 0.25) is 0 Å². The van der Waals surface area contributed by atoms with Crippen LogP contribution in [-0.4, -0.2) is 52.4 Å². The second-order valence-corrected chi connectivity index (χ2v) is 8.35. The number of anilines is 1. The molecular weight excluding hydrogens is 418 g/mol. The number of methoxy groups -OCH3 is 1. The first-order valence-electron chi connectivity index (χ1n) is 11.3. The van der Waals surface area contributed by atoms with Gasteiger partial charge in [0.15, 0.2) is 11.5 Å². The lowest BCUT2D eigenvalue weighted by Crippen LogP contribution is -2.40. The number of hydrogen-bond acceptors (Lipinski definition) is 7. The lowest BCUT2D eigenvalue weighted by atomic mass is 9.98. The summed E-state index contributed by atoms with van der Waals surface area (Å²) in [4.78, 5) is 19.7. The molecular formula is C25H27N5O3. The number of benzene rings is 2. The molecule has 170 valence electrons. The number of aromatic nitrogens is 4. The van der Waals surface area contributed by atoms with Crippen molar-refractivity contribution in [3.05, 3.63) is 48.0 Å². The Bertz CT molecular complexity index is 1330. The standard InChI is InChI=1S/C25H27N5O3/c1-4-33-24(31)17-8-7-13-29(15-17)25-26-20-12-11-16(2)14-19(20)23-28-27-22(30(23)25)18-9-5-6-10-21(18)32-3/h5-6,9-12,14,17H,4,7-8,13,15H2,1-3H3/t17-/m0/s1. The first-order chi connectivity index (χ1) is 16.1. The smallest absolute Gasteiger partial charge is 0.310 e. The van der Waals surface area contributed by atoms with Crippen LogP contribution >= 0.6 is 0 Å². The Morgan fingerprint density at radius 3 is 2.85 bits per heavy atom. The van der Waals surface area contributed by atoms with E-state index in [1.54, 1.807) is 7.11 Å².